The van der Waals surface area contributed by atoms with Crippen molar-refractivity contribution in [3.63, 3.8) is 0 Å². The smallest absolute Gasteiger partial charge is 0.256 e. The number of benzene rings is 2. The molecule has 0 saturated carbocycles. The molecule has 1 N–H and O–H groups in total. The van der Waals surface area contributed by atoms with Crippen LogP contribution in [0.4, 0.5) is 5.82 Å². The van der Waals surface area contributed by atoms with E-state index in [9.17, 15) is 13.2 Å². The summed E-state index contributed by atoms with van der Waals surface area (Å²) in [5.74, 6) is 0.0496. The molecule has 5 rings (SSSR count). The molecule has 2 atom stereocenters. The van der Waals surface area contributed by atoms with Crippen molar-refractivity contribution in [2.45, 2.75) is 37.9 Å². The number of morpholine rings is 1. The minimum atomic E-state index is -3.70. The minimum absolute atomic E-state index is 0.132. The van der Waals surface area contributed by atoms with Crippen LogP contribution in [0.3, 0.4) is 0 Å². The predicted octanol–water partition coefficient (Wildman–Crippen LogP) is 4.49. The Hall–Kier alpha value is -2.83. The number of fused-ring (bicyclic) bond motifs is 1. The fraction of sp³-hybridized carbons (Fsp3) is 0.292. The number of halogens is 1. The highest BCUT2D eigenvalue weighted by atomic mass is 35.5. The summed E-state index contributed by atoms with van der Waals surface area (Å²) in [6.45, 7) is 6.09. The van der Waals surface area contributed by atoms with Gasteiger partial charge in [0.2, 0.25) is 15.2 Å². The molecule has 0 bridgehead atoms. The molecule has 0 spiro atoms. The molecule has 3 heterocycles. The van der Waals surface area contributed by atoms with Gasteiger partial charge < -0.3 is 10.1 Å². The van der Waals surface area contributed by atoms with Gasteiger partial charge in [0.1, 0.15) is 11.3 Å². The molecule has 12 heteroatoms. The number of rotatable bonds is 5. The Morgan fingerprint density at radius 2 is 1.83 bits per heavy atom. The zero-order chi connectivity index (χ0) is 25.6. The van der Waals surface area contributed by atoms with Crippen LogP contribution < -0.4 is 5.32 Å². The van der Waals surface area contributed by atoms with Gasteiger partial charge in [0.25, 0.3) is 5.91 Å². The van der Waals surface area contributed by atoms with Gasteiger partial charge >= 0.3 is 0 Å². The second-order valence-corrected chi connectivity index (χ2v) is 12.1. The summed E-state index contributed by atoms with van der Waals surface area (Å²) in [5.41, 5.74) is 1.69. The molecule has 1 aliphatic heterocycles. The number of hydrogen-bond donors (Lipinski definition) is 1. The Kier molecular flexibility index (Phi) is 6.60. The number of nitrogens with zero attached hydrogens (tertiary/aromatic N) is 4. The molecule has 36 heavy (non-hydrogen) atoms. The quantitative estimate of drug-likeness (QED) is 0.396. The molecular formula is C24H24ClN5O4S2. The van der Waals surface area contributed by atoms with E-state index in [0.29, 0.717) is 32.7 Å². The van der Waals surface area contributed by atoms with Crippen LogP contribution in [0.1, 0.15) is 29.9 Å². The molecule has 2 unspecified atom stereocenters. The van der Waals surface area contributed by atoms with Gasteiger partial charge in [-0.05, 0) is 57.2 Å². The number of nitrogens with one attached hydrogen (secondary N) is 1. The van der Waals surface area contributed by atoms with Crippen LogP contribution in [0.25, 0.3) is 15.3 Å². The molecule has 1 aliphatic rings. The standard InChI is InChI=1S/C24H24ClN5O4S2/c1-14-11-21(30(28-14)24-27-22-19(25)5-4-6-20(22)35-24)26-23(31)17-7-9-18(10-8-17)36(32,33)29-12-15(2)34-16(3)13-29/h4-11,15-16H,12-13H2,1-3H3,(H,26,31). The maximum Gasteiger partial charge on any atom is 0.256 e. The number of ether oxygens (including phenoxy) is 1. The lowest BCUT2D eigenvalue weighted by atomic mass is 10.2. The molecule has 1 saturated heterocycles. The highest BCUT2D eigenvalue weighted by molar-refractivity contribution is 7.89. The number of anilines is 1. The molecular weight excluding hydrogens is 522 g/mol. The van der Waals surface area contributed by atoms with Crippen molar-refractivity contribution in [3.8, 4) is 5.13 Å². The van der Waals surface area contributed by atoms with Gasteiger partial charge in [-0.1, -0.05) is 29.0 Å². The van der Waals surface area contributed by atoms with E-state index >= 15 is 0 Å². The maximum atomic E-state index is 13.1. The Balaban J connectivity index is 1.37. The van der Waals surface area contributed by atoms with Crippen molar-refractivity contribution in [3.05, 3.63) is 64.8 Å². The third-order valence-corrected chi connectivity index (χ3v) is 8.90. The summed E-state index contributed by atoms with van der Waals surface area (Å²) >= 11 is 7.68. The largest absolute Gasteiger partial charge is 0.373 e. The van der Waals surface area contributed by atoms with E-state index in [1.807, 2.05) is 32.9 Å². The summed E-state index contributed by atoms with van der Waals surface area (Å²) in [5, 5.41) is 8.44. The maximum absolute atomic E-state index is 13.1. The topological polar surface area (TPSA) is 106 Å². The van der Waals surface area contributed by atoms with Crippen molar-refractivity contribution in [1.29, 1.82) is 0 Å². The molecule has 2 aromatic heterocycles. The fourth-order valence-electron chi connectivity index (χ4n) is 4.17. The zero-order valence-electron chi connectivity index (χ0n) is 19.8. The number of aromatic nitrogens is 3. The summed E-state index contributed by atoms with van der Waals surface area (Å²) in [7, 11) is -3.70. The molecule has 1 fully saturated rings. The number of thiazole rings is 1. The molecule has 1 amide bonds. The average Bonchev–Trinajstić information content (AvgIpc) is 3.42. The minimum Gasteiger partial charge on any atom is -0.373 e. The van der Waals surface area contributed by atoms with Crippen LogP contribution in [0.2, 0.25) is 5.02 Å². The summed E-state index contributed by atoms with van der Waals surface area (Å²) in [6.07, 6.45) is -0.373. The van der Waals surface area contributed by atoms with Crippen LogP contribution in [0.15, 0.2) is 53.4 Å². The van der Waals surface area contributed by atoms with Crippen LogP contribution in [-0.2, 0) is 14.8 Å². The van der Waals surface area contributed by atoms with E-state index < -0.39 is 15.9 Å². The SMILES string of the molecule is Cc1cc(NC(=O)c2ccc(S(=O)(=O)N3CC(C)OC(C)C3)cc2)n(-c2nc3c(Cl)cccc3s2)n1. The molecule has 4 aromatic rings. The van der Waals surface area contributed by atoms with E-state index in [2.05, 4.69) is 15.4 Å². The number of sulfonamides is 1. The Morgan fingerprint density at radius 1 is 1.14 bits per heavy atom. The Bertz CT molecular complexity index is 1540. The third kappa shape index (κ3) is 4.76. The lowest BCUT2D eigenvalue weighted by Crippen LogP contribution is -2.48. The first-order chi connectivity index (χ1) is 17.1. The van der Waals surface area contributed by atoms with Crippen molar-refractivity contribution >= 4 is 54.9 Å². The molecule has 2 aromatic carbocycles. The molecule has 0 aliphatic carbocycles. The number of aryl methyl sites for hydroxylation is 1. The van der Waals surface area contributed by atoms with E-state index in [4.69, 9.17) is 16.3 Å². The second-order valence-electron chi connectivity index (χ2n) is 8.72. The zero-order valence-corrected chi connectivity index (χ0v) is 22.2. The normalized spacial score (nSPS) is 19.0. The first-order valence-electron chi connectivity index (χ1n) is 11.3. The van der Waals surface area contributed by atoms with Crippen LogP contribution >= 0.6 is 22.9 Å². The van der Waals surface area contributed by atoms with Gasteiger partial charge in [0, 0.05) is 24.7 Å². The van der Waals surface area contributed by atoms with Crippen LogP contribution in [0.5, 0.6) is 0 Å². The molecule has 0 radical (unpaired) electrons. The van der Waals surface area contributed by atoms with Crippen molar-refractivity contribution in [2.75, 3.05) is 18.4 Å². The lowest BCUT2D eigenvalue weighted by molar-refractivity contribution is -0.0440. The highest BCUT2D eigenvalue weighted by Gasteiger charge is 2.32. The number of hydrogen-bond acceptors (Lipinski definition) is 7. The summed E-state index contributed by atoms with van der Waals surface area (Å²) in [4.78, 5) is 17.7. The van der Waals surface area contributed by atoms with Crippen molar-refractivity contribution in [2.24, 2.45) is 0 Å². The number of carbonyl (C=O) groups is 1. The molecule has 9 nitrogen and oxygen atoms in total. The van der Waals surface area contributed by atoms with E-state index in [0.717, 1.165) is 4.70 Å². The van der Waals surface area contributed by atoms with Crippen molar-refractivity contribution in [1.82, 2.24) is 19.1 Å². The highest BCUT2D eigenvalue weighted by Crippen LogP contribution is 2.31. The second kappa shape index (κ2) is 9.56. The lowest BCUT2D eigenvalue weighted by Gasteiger charge is -2.34. The van der Waals surface area contributed by atoms with Crippen LogP contribution in [0, 0.1) is 6.92 Å². The van der Waals surface area contributed by atoms with Gasteiger partial charge in [-0.3, -0.25) is 4.79 Å². The van der Waals surface area contributed by atoms with Gasteiger partial charge in [-0.2, -0.15) is 14.1 Å². The number of para-hydroxylation sites is 1. The number of amides is 1. The predicted molar refractivity (Wildman–Crippen MR) is 140 cm³/mol. The van der Waals surface area contributed by atoms with E-state index in [1.54, 1.807) is 16.8 Å². The van der Waals surface area contributed by atoms with E-state index in [1.165, 1.54) is 39.9 Å². The fourth-order valence-corrected chi connectivity index (χ4v) is 6.99. The Labute approximate surface area is 217 Å². The molecule has 188 valence electrons. The van der Waals surface area contributed by atoms with Gasteiger partial charge in [-0.15, -0.1) is 0 Å². The van der Waals surface area contributed by atoms with Crippen molar-refractivity contribution < 1.29 is 17.9 Å². The van der Waals surface area contributed by atoms with Crippen LogP contribution in [-0.4, -0.2) is 58.7 Å². The van der Waals surface area contributed by atoms with Gasteiger partial charge in [0.15, 0.2) is 0 Å². The van der Waals surface area contributed by atoms with Gasteiger partial charge in [0.05, 0.1) is 32.5 Å². The van der Waals surface area contributed by atoms with E-state index in [-0.39, 0.29) is 30.2 Å². The first kappa shape index (κ1) is 24.8. The van der Waals surface area contributed by atoms with Gasteiger partial charge in [-0.25, -0.2) is 13.4 Å². The average molecular weight is 546 g/mol. The Morgan fingerprint density at radius 3 is 2.50 bits per heavy atom. The number of carbonyl (C=O) groups excluding carboxylic acids is 1. The summed E-state index contributed by atoms with van der Waals surface area (Å²) in [6, 6.07) is 13.2. The third-order valence-electron chi connectivity index (χ3n) is 5.75. The monoisotopic (exact) mass is 545 g/mol. The summed E-state index contributed by atoms with van der Waals surface area (Å²) < 4.78 is 35.7. The first-order valence-corrected chi connectivity index (χ1v) is 13.9.